The molecule has 1 aromatic carbocycles. The quantitative estimate of drug-likeness (QED) is 0.523. The molecule has 8 heteroatoms. The molecule has 1 amide bonds. The second-order valence-corrected chi connectivity index (χ2v) is 7.56. The molecule has 5 rings (SSSR count). The van der Waals surface area contributed by atoms with Crippen LogP contribution in [0.3, 0.4) is 0 Å². The van der Waals surface area contributed by atoms with Crippen LogP contribution >= 0.6 is 0 Å². The van der Waals surface area contributed by atoms with Crippen molar-refractivity contribution >= 4 is 11.8 Å². The Balaban J connectivity index is 1.80. The van der Waals surface area contributed by atoms with Crippen molar-refractivity contribution in [1.29, 1.82) is 0 Å². The maximum absolute atomic E-state index is 10.8. The fourth-order valence-corrected chi connectivity index (χ4v) is 5.49. The van der Waals surface area contributed by atoms with Gasteiger partial charge in [-0.1, -0.05) is 17.3 Å². The maximum atomic E-state index is 10.8. The van der Waals surface area contributed by atoms with Crippen LogP contribution in [0.5, 0.6) is 11.5 Å². The lowest BCUT2D eigenvalue weighted by Gasteiger charge is -2.56. The van der Waals surface area contributed by atoms with Crippen LogP contribution < -0.4 is 4.74 Å². The van der Waals surface area contributed by atoms with Crippen LogP contribution in [0.25, 0.3) is 0 Å². The molecule has 1 aromatic rings. The van der Waals surface area contributed by atoms with Gasteiger partial charge in [-0.2, -0.15) is 0 Å². The smallest absolute Gasteiger partial charge is 0.449 e. The van der Waals surface area contributed by atoms with Crippen LogP contribution in [0.15, 0.2) is 28.4 Å². The summed E-state index contributed by atoms with van der Waals surface area (Å²) in [7, 11) is 2.08. The highest BCUT2D eigenvalue weighted by Gasteiger charge is 2.64. The number of carboxylic acid groups (broad SMARTS) is 1. The molecule has 3 N–H and O–H groups in total. The summed E-state index contributed by atoms with van der Waals surface area (Å²) in [5.41, 5.74) is 1.66. The van der Waals surface area contributed by atoms with Crippen molar-refractivity contribution in [2.45, 2.75) is 36.5 Å². The van der Waals surface area contributed by atoms with E-state index in [1.807, 2.05) is 0 Å². The number of amides is 1. The molecule has 1 saturated heterocycles. The van der Waals surface area contributed by atoms with Gasteiger partial charge in [0.25, 0.3) is 0 Å². The lowest BCUT2D eigenvalue weighted by molar-refractivity contribution is -0.0452. The molecule has 26 heavy (non-hydrogen) atoms. The number of likely N-dealkylation sites (N-methyl/N-ethyl adjacent to an activating group) is 1. The van der Waals surface area contributed by atoms with E-state index < -0.39 is 23.7 Å². The van der Waals surface area contributed by atoms with E-state index in [0.717, 1.165) is 24.1 Å². The third-order valence-corrected chi connectivity index (χ3v) is 6.50. The third kappa shape index (κ3) is 1.78. The second-order valence-electron chi connectivity index (χ2n) is 7.56. The lowest BCUT2D eigenvalue weighted by atomic mass is 9.53. The van der Waals surface area contributed by atoms with Crippen molar-refractivity contribution < 1.29 is 24.9 Å². The average molecular weight is 357 g/mol. The number of azo groups is 1. The van der Waals surface area contributed by atoms with Crippen LogP contribution in [0, 0.1) is 5.92 Å². The number of phenolic OH excluding ortho intramolecular Hbond substituents is 1. The molecule has 0 aromatic heterocycles. The molecule has 2 heterocycles. The van der Waals surface area contributed by atoms with Crippen LogP contribution in [-0.2, 0) is 11.8 Å². The Morgan fingerprint density at radius 2 is 2.23 bits per heavy atom. The van der Waals surface area contributed by atoms with Crippen molar-refractivity contribution in [2.24, 2.45) is 16.1 Å². The highest BCUT2D eigenvalue weighted by molar-refractivity contribution is 5.71. The molecule has 5 atom stereocenters. The molecule has 1 spiro atoms. The van der Waals surface area contributed by atoms with E-state index in [4.69, 9.17) is 9.84 Å². The summed E-state index contributed by atoms with van der Waals surface area (Å²) >= 11 is 0. The Morgan fingerprint density at radius 3 is 3.00 bits per heavy atom. The zero-order valence-corrected chi connectivity index (χ0v) is 14.2. The molecule has 2 aliphatic carbocycles. The topological polar surface area (TPSA) is 115 Å². The Morgan fingerprint density at radius 1 is 1.42 bits per heavy atom. The first-order chi connectivity index (χ1) is 12.4. The molecule has 0 radical (unpaired) electrons. The fourth-order valence-electron chi connectivity index (χ4n) is 5.49. The number of aliphatic hydroxyl groups is 1. The lowest BCUT2D eigenvalue weighted by Crippen LogP contribution is -2.64. The van der Waals surface area contributed by atoms with Gasteiger partial charge >= 0.3 is 6.09 Å². The number of likely N-dealkylation sites (tertiary alicyclic amines) is 1. The van der Waals surface area contributed by atoms with E-state index >= 15 is 0 Å². The van der Waals surface area contributed by atoms with Crippen molar-refractivity contribution in [1.82, 2.24) is 4.90 Å². The summed E-state index contributed by atoms with van der Waals surface area (Å²) in [6.45, 7) is 0.863. The molecular weight excluding hydrogens is 338 g/mol. The molecule has 0 unspecified atom stereocenters. The van der Waals surface area contributed by atoms with E-state index in [-0.39, 0.29) is 17.7 Å². The maximum Gasteiger partial charge on any atom is 0.449 e. The van der Waals surface area contributed by atoms with Crippen molar-refractivity contribution in [3.63, 3.8) is 0 Å². The van der Waals surface area contributed by atoms with Gasteiger partial charge in [0.05, 0.1) is 5.69 Å². The van der Waals surface area contributed by atoms with Gasteiger partial charge < -0.3 is 25.0 Å². The number of hydrogen-bond donors (Lipinski definition) is 3. The minimum atomic E-state index is -1.38. The standard InChI is InChI=1S/C18H19N3O5/c1-21-5-4-18-9-2-3-12(22)16(18)26-15-13(23)7-10(19-20-17(24)25)8(14(15)18)6-11(9)21/h2-3,7,9,11-12,16,22-23H,4-6H2,1H3,(H,24,25)/t9-,11+,12-,16-,18-/m0/s1. The van der Waals surface area contributed by atoms with Gasteiger partial charge in [-0.3, -0.25) is 0 Å². The van der Waals surface area contributed by atoms with Gasteiger partial charge in [-0.15, -0.1) is 5.11 Å². The zero-order valence-electron chi connectivity index (χ0n) is 14.2. The normalized spacial score (nSPS) is 36.8. The summed E-state index contributed by atoms with van der Waals surface area (Å²) in [5, 5.41) is 37.0. The average Bonchev–Trinajstić information content (AvgIpc) is 2.95. The SMILES string of the molecule is CN1CC[C@]23c4c5c(N=NC(=O)O)cc(O)c4O[C@H]2[C@@H](O)C=C[C@H]3[C@H]1C5. The first-order valence-corrected chi connectivity index (χ1v) is 8.70. The Bertz CT molecular complexity index is 882. The Kier molecular flexibility index (Phi) is 3.06. The predicted octanol–water partition coefficient (Wildman–Crippen LogP) is 1.96. The number of ether oxygens (including phenoxy) is 1. The van der Waals surface area contributed by atoms with Crippen LogP contribution in [0.2, 0.25) is 0 Å². The Labute approximate surface area is 149 Å². The number of hydrogen-bond acceptors (Lipinski definition) is 6. The summed E-state index contributed by atoms with van der Waals surface area (Å²) in [6.07, 6.45) is 2.72. The number of rotatable bonds is 1. The number of piperidine rings is 1. The fraction of sp³-hybridized carbons (Fsp3) is 0.500. The molecule has 1 fully saturated rings. The van der Waals surface area contributed by atoms with Gasteiger partial charge in [-0.05, 0) is 32.0 Å². The van der Waals surface area contributed by atoms with Crippen LogP contribution in [-0.4, -0.2) is 58.2 Å². The minimum Gasteiger partial charge on any atom is -0.504 e. The van der Waals surface area contributed by atoms with Crippen molar-refractivity contribution in [3.05, 3.63) is 29.3 Å². The van der Waals surface area contributed by atoms with E-state index in [9.17, 15) is 15.0 Å². The first-order valence-electron chi connectivity index (χ1n) is 8.70. The van der Waals surface area contributed by atoms with Crippen molar-refractivity contribution in [3.8, 4) is 11.5 Å². The number of carbonyl (C=O) groups is 1. The van der Waals surface area contributed by atoms with E-state index in [0.29, 0.717) is 17.9 Å². The van der Waals surface area contributed by atoms with Crippen LogP contribution in [0.1, 0.15) is 17.5 Å². The molecule has 2 aliphatic heterocycles. The minimum absolute atomic E-state index is 0.0878. The van der Waals surface area contributed by atoms with E-state index in [1.54, 1.807) is 6.08 Å². The zero-order chi connectivity index (χ0) is 18.2. The summed E-state index contributed by atoms with van der Waals surface area (Å²) in [4.78, 5) is 13.1. The number of benzene rings is 1. The van der Waals surface area contributed by atoms with Gasteiger partial charge in [0.15, 0.2) is 11.5 Å². The van der Waals surface area contributed by atoms with Crippen LogP contribution in [0.4, 0.5) is 10.5 Å². The Hall–Kier alpha value is -2.45. The molecule has 4 aliphatic rings. The van der Waals surface area contributed by atoms with Gasteiger partial charge in [0, 0.05) is 29.0 Å². The summed E-state index contributed by atoms with van der Waals surface area (Å²) < 4.78 is 6.08. The molecular formula is C18H19N3O5. The highest BCUT2D eigenvalue weighted by atomic mass is 16.5. The third-order valence-electron chi connectivity index (χ3n) is 6.50. The molecule has 136 valence electrons. The summed E-state index contributed by atoms with van der Waals surface area (Å²) in [6, 6.07) is 1.60. The summed E-state index contributed by atoms with van der Waals surface area (Å²) in [5.74, 6) is 0.472. The first kappa shape index (κ1) is 15.8. The van der Waals surface area contributed by atoms with E-state index in [1.165, 1.54) is 6.07 Å². The predicted molar refractivity (Wildman–Crippen MR) is 90.1 cm³/mol. The van der Waals surface area contributed by atoms with Crippen molar-refractivity contribution in [2.75, 3.05) is 13.6 Å². The molecule has 2 bridgehead atoms. The number of nitrogens with zero attached hydrogens (tertiary/aromatic N) is 3. The molecule has 8 nitrogen and oxygen atoms in total. The number of aliphatic hydroxyl groups excluding tert-OH is 1. The number of phenols is 1. The van der Waals surface area contributed by atoms with Gasteiger partial charge in [0.1, 0.15) is 12.2 Å². The molecule has 0 saturated carbocycles. The largest absolute Gasteiger partial charge is 0.504 e. The van der Waals surface area contributed by atoms with Gasteiger partial charge in [-0.25, -0.2) is 4.79 Å². The second kappa shape index (κ2) is 5.05. The van der Waals surface area contributed by atoms with Gasteiger partial charge in [0.2, 0.25) is 0 Å². The number of aromatic hydroxyl groups is 1. The monoisotopic (exact) mass is 357 g/mol. The highest BCUT2D eigenvalue weighted by Crippen LogP contribution is 2.63. The van der Waals surface area contributed by atoms with E-state index in [2.05, 4.69) is 28.3 Å².